The Labute approximate surface area is 137 Å². The SMILES string of the molecule is COc1cccc(CNC(=O)C2CCN(C(=O)C(F)(F)F)CC2)c1. The van der Waals surface area contributed by atoms with Crippen molar-refractivity contribution in [3.8, 4) is 5.75 Å². The molecule has 1 fully saturated rings. The number of nitrogens with one attached hydrogen (secondary N) is 1. The molecule has 24 heavy (non-hydrogen) atoms. The van der Waals surface area contributed by atoms with Crippen molar-refractivity contribution in [3.63, 3.8) is 0 Å². The minimum atomic E-state index is -4.86. The van der Waals surface area contributed by atoms with E-state index in [-0.39, 0.29) is 37.8 Å². The predicted molar refractivity (Wildman–Crippen MR) is 80.2 cm³/mol. The smallest absolute Gasteiger partial charge is 0.471 e. The quantitative estimate of drug-likeness (QED) is 0.910. The van der Waals surface area contributed by atoms with E-state index in [1.165, 1.54) is 0 Å². The third kappa shape index (κ3) is 4.62. The van der Waals surface area contributed by atoms with E-state index in [9.17, 15) is 22.8 Å². The highest BCUT2D eigenvalue weighted by molar-refractivity contribution is 5.83. The molecule has 132 valence electrons. The lowest BCUT2D eigenvalue weighted by Crippen LogP contribution is -2.47. The zero-order valence-electron chi connectivity index (χ0n) is 13.2. The molecule has 0 bridgehead atoms. The Morgan fingerprint density at radius 1 is 1.29 bits per heavy atom. The fourth-order valence-corrected chi connectivity index (χ4v) is 2.64. The van der Waals surface area contributed by atoms with E-state index >= 15 is 0 Å². The van der Waals surface area contributed by atoms with Crippen molar-refractivity contribution in [3.05, 3.63) is 29.8 Å². The number of amides is 2. The van der Waals surface area contributed by atoms with Gasteiger partial charge in [0.2, 0.25) is 5.91 Å². The number of rotatable bonds is 4. The van der Waals surface area contributed by atoms with Gasteiger partial charge in [-0.3, -0.25) is 9.59 Å². The van der Waals surface area contributed by atoms with Gasteiger partial charge >= 0.3 is 12.1 Å². The van der Waals surface area contributed by atoms with Gasteiger partial charge in [0.05, 0.1) is 7.11 Å². The van der Waals surface area contributed by atoms with E-state index in [1.54, 1.807) is 19.2 Å². The number of carbonyl (C=O) groups excluding carboxylic acids is 2. The molecular weight excluding hydrogens is 325 g/mol. The summed E-state index contributed by atoms with van der Waals surface area (Å²) in [5, 5.41) is 2.77. The second-order valence-electron chi connectivity index (χ2n) is 5.63. The van der Waals surface area contributed by atoms with Crippen molar-refractivity contribution < 1.29 is 27.5 Å². The number of ether oxygens (including phenoxy) is 1. The van der Waals surface area contributed by atoms with Crippen LogP contribution in [0.25, 0.3) is 0 Å². The van der Waals surface area contributed by atoms with Crippen LogP contribution in [0.15, 0.2) is 24.3 Å². The summed E-state index contributed by atoms with van der Waals surface area (Å²) >= 11 is 0. The van der Waals surface area contributed by atoms with Gasteiger partial charge in [0.1, 0.15) is 5.75 Å². The van der Waals surface area contributed by atoms with Gasteiger partial charge in [0.25, 0.3) is 0 Å². The summed E-state index contributed by atoms with van der Waals surface area (Å²) in [6.45, 7) is 0.197. The third-order valence-corrected chi connectivity index (χ3v) is 4.00. The minimum Gasteiger partial charge on any atom is -0.497 e. The highest BCUT2D eigenvalue weighted by Crippen LogP contribution is 2.24. The Morgan fingerprint density at radius 2 is 1.96 bits per heavy atom. The fraction of sp³-hybridized carbons (Fsp3) is 0.500. The van der Waals surface area contributed by atoms with Crippen LogP contribution in [0.4, 0.5) is 13.2 Å². The molecule has 0 aliphatic carbocycles. The van der Waals surface area contributed by atoms with Gasteiger partial charge in [-0.2, -0.15) is 13.2 Å². The first-order valence-corrected chi connectivity index (χ1v) is 7.58. The van der Waals surface area contributed by atoms with Crippen LogP contribution in [0.3, 0.4) is 0 Å². The molecule has 1 aromatic carbocycles. The van der Waals surface area contributed by atoms with Gasteiger partial charge in [-0.25, -0.2) is 0 Å². The van der Waals surface area contributed by atoms with Crippen LogP contribution in [0.5, 0.6) is 5.75 Å². The van der Waals surface area contributed by atoms with Crippen LogP contribution in [-0.2, 0) is 16.1 Å². The molecule has 1 N–H and O–H groups in total. The topological polar surface area (TPSA) is 58.6 Å². The van der Waals surface area contributed by atoms with Gasteiger partial charge in [0, 0.05) is 25.6 Å². The molecule has 0 saturated carbocycles. The molecule has 1 aliphatic rings. The minimum absolute atomic E-state index is 0.0599. The number of benzene rings is 1. The maximum absolute atomic E-state index is 12.4. The Bertz CT molecular complexity index is 596. The second kappa shape index (κ2) is 7.55. The van der Waals surface area contributed by atoms with Crippen molar-refractivity contribution >= 4 is 11.8 Å². The normalized spacial score (nSPS) is 15.9. The number of methoxy groups -OCH3 is 1. The van der Waals surface area contributed by atoms with Crippen molar-refractivity contribution in [2.75, 3.05) is 20.2 Å². The summed E-state index contributed by atoms with van der Waals surface area (Å²) in [7, 11) is 1.55. The Kier molecular flexibility index (Phi) is 5.69. The maximum Gasteiger partial charge on any atom is 0.471 e. The zero-order chi connectivity index (χ0) is 17.7. The molecule has 2 rings (SSSR count). The maximum atomic E-state index is 12.4. The van der Waals surface area contributed by atoms with Crippen LogP contribution >= 0.6 is 0 Å². The molecule has 0 radical (unpaired) electrons. The van der Waals surface area contributed by atoms with Gasteiger partial charge in [-0.1, -0.05) is 12.1 Å². The molecule has 1 aromatic rings. The van der Waals surface area contributed by atoms with Crippen LogP contribution in [0.2, 0.25) is 0 Å². The van der Waals surface area contributed by atoms with Gasteiger partial charge in [0.15, 0.2) is 0 Å². The summed E-state index contributed by atoms with van der Waals surface area (Å²) in [5.74, 6) is -1.75. The Balaban J connectivity index is 1.81. The summed E-state index contributed by atoms with van der Waals surface area (Å²) < 4.78 is 42.2. The van der Waals surface area contributed by atoms with Crippen LogP contribution in [0.1, 0.15) is 18.4 Å². The molecule has 0 aromatic heterocycles. The second-order valence-corrected chi connectivity index (χ2v) is 5.63. The number of piperidine rings is 1. The molecular formula is C16H19F3N2O3. The predicted octanol–water partition coefficient (Wildman–Crippen LogP) is 2.11. The average molecular weight is 344 g/mol. The van der Waals surface area contributed by atoms with Gasteiger partial charge < -0.3 is 15.0 Å². The zero-order valence-corrected chi connectivity index (χ0v) is 13.2. The molecule has 8 heteroatoms. The lowest BCUT2D eigenvalue weighted by molar-refractivity contribution is -0.186. The fourth-order valence-electron chi connectivity index (χ4n) is 2.64. The molecule has 0 atom stereocenters. The lowest BCUT2D eigenvalue weighted by Gasteiger charge is -2.31. The van der Waals surface area contributed by atoms with E-state index in [0.717, 1.165) is 10.5 Å². The number of carbonyl (C=O) groups is 2. The van der Waals surface area contributed by atoms with Crippen molar-refractivity contribution in [1.29, 1.82) is 0 Å². The molecule has 1 heterocycles. The van der Waals surface area contributed by atoms with E-state index in [1.807, 2.05) is 12.1 Å². The summed E-state index contributed by atoms with van der Waals surface area (Å²) in [6.07, 6.45) is -4.40. The van der Waals surface area contributed by atoms with E-state index in [2.05, 4.69) is 5.32 Å². The molecule has 0 spiro atoms. The largest absolute Gasteiger partial charge is 0.497 e. The van der Waals surface area contributed by atoms with Gasteiger partial charge in [-0.05, 0) is 30.5 Å². The summed E-state index contributed by atoms with van der Waals surface area (Å²) in [4.78, 5) is 24.0. The summed E-state index contributed by atoms with van der Waals surface area (Å²) in [6, 6.07) is 7.23. The monoisotopic (exact) mass is 344 g/mol. The average Bonchev–Trinajstić information content (AvgIpc) is 2.58. The van der Waals surface area contributed by atoms with Crippen molar-refractivity contribution in [2.45, 2.75) is 25.6 Å². The standard InChI is InChI=1S/C16H19F3N2O3/c1-24-13-4-2-3-11(9-13)10-20-14(22)12-5-7-21(8-6-12)15(23)16(17,18)19/h2-4,9,12H,5-8,10H2,1H3,(H,20,22). The highest BCUT2D eigenvalue weighted by Gasteiger charge is 2.43. The van der Waals surface area contributed by atoms with Gasteiger partial charge in [-0.15, -0.1) is 0 Å². The number of alkyl halides is 3. The number of halogens is 3. The van der Waals surface area contributed by atoms with E-state index < -0.39 is 12.1 Å². The van der Waals surface area contributed by atoms with Crippen LogP contribution in [-0.4, -0.2) is 43.1 Å². The number of likely N-dealkylation sites (tertiary alicyclic amines) is 1. The number of nitrogens with zero attached hydrogens (tertiary/aromatic N) is 1. The third-order valence-electron chi connectivity index (χ3n) is 4.00. The first-order valence-electron chi connectivity index (χ1n) is 7.58. The molecule has 5 nitrogen and oxygen atoms in total. The molecule has 1 saturated heterocycles. The van der Waals surface area contributed by atoms with E-state index in [0.29, 0.717) is 12.3 Å². The van der Waals surface area contributed by atoms with Crippen molar-refractivity contribution in [1.82, 2.24) is 10.2 Å². The number of hydrogen-bond donors (Lipinski definition) is 1. The van der Waals surface area contributed by atoms with Crippen LogP contribution in [0, 0.1) is 5.92 Å². The lowest BCUT2D eigenvalue weighted by atomic mass is 9.95. The molecule has 2 amide bonds. The highest BCUT2D eigenvalue weighted by atomic mass is 19.4. The Hall–Kier alpha value is -2.25. The molecule has 0 unspecified atom stereocenters. The Morgan fingerprint density at radius 3 is 2.54 bits per heavy atom. The number of hydrogen-bond acceptors (Lipinski definition) is 3. The first-order chi connectivity index (χ1) is 11.3. The van der Waals surface area contributed by atoms with E-state index in [4.69, 9.17) is 4.74 Å². The summed E-state index contributed by atoms with van der Waals surface area (Å²) in [5.41, 5.74) is 0.868. The van der Waals surface area contributed by atoms with Crippen molar-refractivity contribution in [2.24, 2.45) is 5.92 Å². The molecule has 1 aliphatic heterocycles. The first kappa shape index (κ1) is 18.1. The van der Waals surface area contributed by atoms with Crippen LogP contribution < -0.4 is 10.1 Å².